The Labute approximate surface area is 164 Å². The second kappa shape index (κ2) is 9.92. The number of fused-ring (bicyclic) bond motifs is 1. The van der Waals surface area contributed by atoms with E-state index in [0.29, 0.717) is 41.9 Å². The number of amides is 2. The summed E-state index contributed by atoms with van der Waals surface area (Å²) in [6.45, 7) is 4.63. The van der Waals surface area contributed by atoms with E-state index in [1.165, 1.54) is 0 Å². The number of hydrogen-bond acceptors (Lipinski definition) is 5. The topological polar surface area (TPSA) is 79.9 Å². The smallest absolute Gasteiger partial charge is 0.255 e. The van der Waals surface area contributed by atoms with Crippen molar-refractivity contribution in [2.45, 2.75) is 12.8 Å². The number of carbonyl (C=O) groups is 2. The highest BCUT2D eigenvalue weighted by Gasteiger charge is 2.21. The highest BCUT2D eigenvalue weighted by molar-refractivity contribution is 6.31. The lowest BCUT2D eigenvalue weighted by Gasteiger charge is -2.25. The Morgan fingerprint density at radius 3 is 2.89 bits per heavy atom. The van der Waals surface area contributed by atoms with Crippen molar-refractivity contribution < 1.29 is 19.1 Å². The zero-order valence-corrected chi connectivity index (χ0v) is 16.1. The van der Waals surface area contributed by atoms with Gasteiger partial charge in [0.2, 0.25) is 5.91 Å². The number of benzene rings is 1. The summed E-state index contributed by atoms with van der Waals surface area (Å²) in [5, 5.41) is 6.28. The van der Waals surface area contributed by atoms with Crippen LogP contribution in [0.1, 0.15) is 23.2 Å². The lowest BCUT2D eigenvalue weighted by Crippen LogP contribution is -2.42. The number of nitrogens with one attached hydrogen (secondary N) is 2. The largest absolute Gasteiger partial charge is 0.491 e. The number of nitrogens with zero attached hydrogens (tertiary/aromatic N) is 1. The van der Waals surface area contributed by atoms with Crippen molar-refractivity contribution in [3.63, 3.8) is 0 Å². The van der Waals surface area contributed by atoms with Gasteiger partial charge in [-0.05, 0) is 37.0 Å². The van der Waals surface area contributed by atoms with Crippen molar-refractivity contribution in [2.24, 2.45) is 5.92 Å². The first-order valence-corrected chi connectivity index (χ1v) is 9.77. The van der Waals surface area contributed by atoms with E-state index in [9.17, 15) is 9.59 Å². The molecule has 1 unspecified atom stereocenters. The molecule has 1 aromatic rings. The molecular formula is C19H26ClN3O4. The second-order valence-corrected chi connectivity index (χ2v) is 7.35. The van der Waals surface area contributed by atoms with Gasteiger partial charge in [0.1, 0.15) is 12.4 Å². The van der Waals surface area contributed by atoms with Crippen molar-refractivity contribution in [1.82, 2.24) is 15.5 Å². The predicted molar refractivity (Wildman–Crippen MR) is 102 cm³/mol. The molecule has 2 amide bonds. The molecule has 7 nitrogen and oxygen atoms in total. The molecule has 2 N–H and O–H groups in total. The van der Waals surface area contributed by atoms with Crippen molar-refractivity contribution in [3.05, 3.63) is 28.8 Å². The SMILES string of the molecule is O=C1CN(CC2CCOC2)CCCNC(=O)c2cc(Cl)ccc2OCCN1. The van der Waals surface area contributed by atoms with Gasteiger partial charge in [0.05, 0.1) is 25.3 Å². The number of carbonyl (C=O) groups excluding carboxylic acids is 2. The summed E-state index contributed by atoms with van der Waals surface area (Å²) in [5.74, 6) is 0.703. The monoisotopic (exact) mass is 395 g/mol. The first-order chi connectivity index (χ1) is 13.1. The van der Waals surface area contributed by atoms with Crippen molar-refractivity contribution in [1.29, 1.82) is 0 Å². The maximum Gasteiger partial charge on any atom is 0.255 e. The van der Waals surface area contributed by atoms with E-state index in [-0.39, 0.29) is 18.4 Å². The first kappa shape index (κ1) is 19.9. The summed E-state index contributed by atoms with van der Waals surface area (Å²) < 4.78 is 11.1. The molecule has 0 aromatic heterocycles. The van der Waals surface area contributed by atoms with Crippen LogP contribution in [-0.2, 0) is 9.53 Å². The molecule has 2 aliphatic rings. The maximum atomic E-state index is 12.5. The minimum absolute atomic E-state index is 0.0186. The summed E-state index contributed by atoms with van der Waals surface area (Å²) in [5.41, 5.74) is 0.408. The van der Waals surface area contributed by atoms with Crippen LogP contribution in [0.25, 0.3) is 0 Å². The number of rotatable bonds is 2. The second-order valence-electron chi connectivity index (χ2n) is 6.91. The summed E-state index contributed by atoms with van der Waals surface area (Å²) >= 11 is 6.02. The highest BCUT2D eigenvalue weighted by Crippen LogP contribution is 2.23. The van der Waals surface area contributed by atoms with Crippen molar-refractivity contribution >= 4 is 23.4 Å². The fraction of sp³-hybridized carbons (Fsp3) is 0.579. The minimum Gasteiger partial charge on any atom is -0.491 e. The van der Waals surface area contributed by atoms with Gasteiger partial charge < -0.3 is 20.1 Å². The standard InChI is InChI=1S/C19H26ClN3O4/c20-15-2-3-17-16(10-15)19(25)22-5-1-7-23(11-14-4-8-26-13-14)12-18(24)21-6-9-27-17/h2-3,10,14H,1,4-9,11-13H2,(H,21,24)(H,22,25). The first-order valence-electron chi connectivity index (χ1n) is 9.39. The normalized spacial score (nSPS) is 22.9. The van der Waals surface area contributed by atoms with Gasteiger partial charge >= 0.3 is 0 Å². The molecule has 27 heavy (non-hydrogen) atoms. The van der Waals surface area contributed by atoms with E-state index in [4.69, 9.17) is 21.1 Å². The number of hydrogen-bond donors (Lipinski definition) is 2. The fourth-order valence-electron chi connectivity index (χ4n) is 3.34. The average Bonchev–Trinajstić information content (AvgIpc) is 3.15. The summed E-state index contributed by atoms with van der Waals surface area (Å²) in [4.78, 5) is 26.9. The van der Waals surface area contributed by atoms with E-state index in [1.54, 1.807) is 18.2 Å². The van der Waals surface area contributed by atoms with Crippen LogP contribution in [0.4, 0.5) is 0 Å². The molecule has 3 rings (SSSR count). The van der Waals surface area contributed by atoms with Gasteiger partial charge in [0, 0.05) is 31.3 Å². The third-order valence-corrected chi connectivity index (χ3v) is 4.95. The van der Waals surface area contributed by atoms with E-state index < -0.39 is 0 Å². The zero-order valence-electron chi connectivity index (χ0n) is 15.3. The third kappa shape index (κ3) is 6.09. The van der Waals surface area contributed by atoms with Crippen LogP contribution in [0.3, 0.4) is 0 Å². The molecule has 1 fully saturated rings. The lowest BCUT2D eigenvalue weighted by molar-refractivity contribution is -0.122. The van der Waals surface area contributed by atoms with E-state index >= 15 is 0 Å². The highest BCUT2D eigenvalue weighted by atomic mass is 35.5. The Balaban J connectivity index is 1.64. The van der Waals surface area contributed by atoms with Crippen LogP contribution in [0.15, 0.2) is 18.2 Å². The predicted octanol–water partition coefficient (Wildman–Crippen LogP) is 1.31. The molecule has 0 bridgehead atoms. The summed E-state index contributed by atoms with van der Waals surface area (Å²) in [6, 6.07) is 4.96. The molecule has 0 saturated carbocycles. The third-order valence-electron chi connectivity index (χ3n) is 4.71. The van der Waals surface area contributed by atoms with Crippen LogP contribution >= 0.6 is 11.6 Å². The molecule has 0 aliphatic carbocycles. The Morgan fingerprint density at radius 2 is 2.07 bits per heavy atom. The molecule has 0 radical (unpaired) electrons. The molecule has 2 aliphatic heterocycles. The number of ether oxygens (including phenoxy) is 2. The van der Waals surface area contributed by atoms with Crippen LogP contribution in [0.5, 0.6) is 5.75 Å². The van der Waals surface area contributed by atoms with Crippen molar-refractivity contribution in [3.8, 4) is 5.75 Å². The number of halogens is 1. The minimum atomic E-state index is -0.204. The molecule has 1 saturated heterocycles. The van der Waals surface area contributed by atoms with Gasteiger partial charge in [-0.2, -0.15) is 0 Å². The molecule has 1 atom stereocenters. The quantitative estimate of drug-likeness (QED) is 0.789. The van der Waals surface area contributed by atoms with Gasteiger partial charge in [-0.1, -0.05) is 11.6 Å². The van der Waals surface area contributed by atoms with E-state index in [1.807, 2.05) is 0 Å². The van der Waals surface area contributed by atoms with Gasteiger partial charge in [0.25, 0.3) is 5.91 Å². The Hall–Kier alpha value is -1.83. The molecule has 0 spiro atoms. The van der Waals surface area contributed by atoms with Gasteiger partial charge in [0.15, 0.2) is 0 Å². The van der Waals surface area contributed by atoms with Crippen LogP contribution in [-0.4, -0.2) is 69.3 Å². The van der Waals surface area contributed by atoms with E-state index in [2.05, 4.69) is 15.5 Å². The average molecular weight is 396 g/mol. The molecule has 148 valence electrons. The van der Waals surface area contributed by atoms with Crippen molar-refractivity contribution in [2.75, 3.05) is 52.5 Å². The lowest BCUT2D eigenvalue weighted by atomic mass is 10.1. The Bertz CT molecular complexity index is 664. The van der Waals surface area contributed by atoms with Gasteiger partial charge in [-0.15, -0.1) is 0 Å². The maximum absolute atomic E-state index is 12.5. The molecule has 8 heteroatoms. The van der Waals surface area contributed by atoms with Gasteiger partial charge in [-0.3, -0.25) is 14.5 Å². The zero-order chi connectivity index (χ0) is 19.1. The Morgan fingerprint density at radius 1 is 1.19 bits per heavy atom. The van der Waals surface area contributed by atoms with Crippen LogP contribution < -0.4 is 15.4 Å². The molecule has 2 heterocycles. The van der Waals surface area contributed by atoms with Crippen LogP contribution in [0, 0.1) is 5.92 Å². The summed E-state index contributed by atoms with van der Waals surface area (Å²) in [7, 11) is 0. The Kier molecular flexibility index (Phi) is 7.32. The fourth-order valence-corrected chi connectivity index (χ4v) is 3.52. The van der Waals surface area contributed by atoms with Crippen LogP contribution in [0.2, 0.25) is 5.02 Å². The molecule has 1 aromatic carbocycles. The summed E-state index contributed by atoms with van der Waals surface area (Å²) in [6.07, 6.45) is 1.78. The van der Waals surface area contributed by atoms with Gasteiger partial charge in [-0.25, -0.2) is 0 Å². The van der Waals surface area contributed by atoms with E-state index in [0.717, 1.165) is 39.1 Å². The molecular weight excluding hydrogens is 370 g/mol.